The Morgan fingerprint density at radius 2 is 1.44 bits per heavy atom. The van der Waals surface area contributed by atoms with Gasteiger partial charge in [0.25, 0.3) is 0 Å². The quantitative estimate of drug-likeness (QED) is 0.707. The second-order valence-electron chi connectivity index (χ2n) is 1.14. The van der Waals surface area contributed by atoms with Crippen molar-refractivity contribution in [1.29, 1.82) is 0 Å². The van der Waals surface area contributed by atoms with E-state index >= 15 is 0 Å². The molecule has 9 heavy (non-hydrogen) atoms. The molecule has 0 N–H and O–H groups in total. The van der Waals surface area contributed by atoms with Crippen LogP contribution in [-0.4, -0.2) is 15.0 Å². The van der Waals surface area contributed by atoms with E-state index in [0.29, 0.717) is 0 Å². The highest BCUT2D eigenvalue weighted by atomic mass is 79.9. The standard InChI is InChI=1S/C3Br2FN3/c4-1-7-2(5)9-3(6)8-1. The molecule has 0 saturated heterocycles. The summed E-state index contributed by atoms with van der Waals surface area (Å²) in [6.07, 6.45) is -0.802. The first-order valence-electron chi connectivity index (χ1n) is 1.91. The maximum Gasteiger partial charge on any atom is 0.313 e. The molecule has 48 valence electrons. The van der Waals surface area contributed by atoms with Gasteiger partial charge in [-0.25, -0.2) is 0 Å². The summed E-state index contributed by atoms with van der Waals surface area (Å²) in [5, 5.41) is 0. The molecular formula is C3Br2FN3. The van der Waals surface area contributed by atoms with E-state index in [1.807, 2.05) is 0 Å². The third-order valence-corrected chi connectivity index (χ3v) is 1.26. The van der Waals surface area contributed by atoms with E-state index in [0.717, 1.165) is 0 Å². The molecule has 6 heteroatoms. The van der Waals surface area contributed by atoms with Crippen LogP contribution in [0.3, 0.4) is 0 Å². The number of nitrogens with zero attached hydrogens (tertiary/aromatic N) is 3. The second kappa shape index (κ2) is 2.66. The SMILES string of the molecule is Fc1nc(Br)nc(Br)n1. The summed E-state index contributed by atoms with van der Waals surface area (Å²) in [5.74, 6) is 0. The van der Waals surface area contributed by atoms with Crippen molar-refractivity contribution in [3.05, 3.63) is 15.5 Å². The lowest BCUT2D eigenvalue weighted by Gasteiger charge is -1.88. The molecule has 0 saturated carbocycles. The van der Waals surface area contributed by atoms with Crippen LogP contribution in [0.25, 0.3) is 0 Å². The molecule has 0 atom stereocenters. The van der Waals surface area contributed by atoms with Gasteiger partial charge in [-0.1, -0.05) is 0 Å². The van der Waals surface area contributed by atoms with Crippen LogP contribution < -0.4 is 0 Å². The largest absolute Gasteiger partial charge is 0.313 e. The van der Waals surface area contributed by atoms with Gasteiger partial charge in [-0.15, -0.1) is 0 Å². The molecule has 0 amide bonds. The van der Waals surface area contributed by atoms with Gasteiger partial charge in [0, 0.05) is 0 Å². The van der Waals surface area contributed by atoms with E-state index in [1.165, 1.54) is 0 Å². The molecule has 0 bridgehead atoms. The monoisotopic (exact) mass is 255 g/mol. The predicted molar refractivity (Wildman–Crippen MR) is 35.2 cm³/mol. The smallest absolute Gasteiger partial charge is 0.195 e. The van der Waals surface area contributed by atoms with Crippen molar-refractivity contribution in [2.45, 2.75) is 0 Å². The van der Waals surface area contributed by atoms with E-state index in [9.17, 15) is 4.39 Å². The molecule has 0 radical (unpaired) electrons. The van der Waals surface area contributed by atoms with E-state index in [1.54, 1.807) is 0 Å². The van der Waals surface area contributed by atoms with Gasteiger partial charge < -0.3 is 0 Å². The Hall–Kier alpha value is -0.100. The van der Waals surface area contributed by atoms with Gasteiger partial charge in [0.2, 0.25) is 9.47 Å². The number of hydrogen-bond donors (Lipinski definition) is 0. The van der Waals surface area contributed by atoms with Crippen LogP contribution in [0.15, 0.2) is 9.47 Å². The average molecular weight is 257 g/mol. The summed E-state index contributed by atoms with van der Waals surface area (Å²) >= 11 is 5.76. The maximum atomic E-state index is 12.1. The highest BCUT2D eigenvalue weighted by Crippen LogP contribution is 2.06. The van der Waals surface area contributed by atoms with Crippen molar-refractivity contribution in [3.63, 3.8) is 0 Å². The van der Waals surface area contributed by atoms with E-state index in [4.69, 9.17) is 0 Å². The van der Waals surface area contributed by atoms with Crippen molar-refractivity contribution < 1.29 is 4.39 Å². The molecule has 0 fully saturated rings. The summed E-state index contributed by atoms with van der Waals surface area (Å²) in [5.41, 5.74) is 0. The van der Waals surface area contributed by atoms with E-state index in [2.05, 4.69) is 46.8 Å². The summed E-state index contributed by atoms with van der Waals surface area (Å²) in [4.78, 5) is 10.1. The minimum absolute atomic E-state index is 0.182. The zero-order valence-electron chi connectivity index (χ0n) is 3.98. The molecule has 0 aromatic carbocycles. The molecule has 0 unspecified atom stereocenters. The van der Waals surface area contributed by atoms with Crippen molar-refractivity contribution in [2.24, 2.45) is 0 Å². The van der Waals surface area contributed by atoms with Crippen molar-refractivity contribution >= 4 is 31.9 Å². The van der Waals surface area contributed by atoms with Crippen LogP contribution in [0.1, 0.15) is 0 Å². The Morgan fingerprint density at radius 3 is 1.78 bits per heavy atom. The van der Waals surface area contributed by atoms with Gasteiger partial charge in [-0.05, 0) is 31.9 Å². The van der Waals surface area contributed by atoms with Crippen LogP contribution in [0.2, 0.25) is 0 Å². The average Bonchev–Trinajstić information content (AvgIpc) is 1.59. The van der Waals surface area contributed by atoms with Gasteiger partial charge in [0.05, 0.1) is 0 Å². The predicted octanol–water partition coefficient (Wildman–Crippen LogP) is 1.54. The van der Waals surface area contributed by atoms with E-state index in [-0.39, 0.29) is 9.47 Å². The Balaban J connectivity index is 3.17. The van der Waals surface area contributed by atoms with Crippen molar-refractivity contribution in [3.8, 4) is 0 Å². The molecule has 1 heterocycles. The number of hydrogen-bond acceptors (Lipinski definition) is 3. The molecule has 3 nitrogen and oxygen atoms in total. The Bertz CT molecular complexity index is 178. The van der Waals surface area contributed by atoms with Gasteiger partial charge in [-0.3, -0.25) is 0 Å². The highest BCUT2D eigenvalue weighted by molar-refractivity contribution is 9.11. The Morgan fingerprint density at radius 1 is 1.00 bits per heavy atom. The Labute approximate surface area is 67.0 Å². The second-order valence-corrected chi connectivity index (χ2v) is 2.56. The lowest BCUT2D eigenvalue weighted by molar-refractivity contribution is 0.523. The summed E-state index contributed by atoms with van der Waals surface area (Å²) in [7, 11) is 0. The molecule has 0 aliphatic carbocycles. The molecule has 1 rings (SSSR count). The van der Waals surface area contributed by atoms with Crippen LogP contribution in [-0.2, 0) is 0 Å². The lowest BCUT2D eigenvalue weighted by Crippen LogP contribution is -1.93. The molecule has 1 aromatic rings. The first-order valence-corrected chi connectivity index (χ1v) is 3.49. The highest BCUT2D eigenvalue weighted by Gasteiger charge is 1.98. The van der Waals surface area contributed by atoms with Gasteiger partial charge >= 0.3 is 6.08 Å². The zero-order chi connectivity index (χ0) is 6.85. The number of aromatic nitrogens is 3. The van der Waals surface area contributed by atoms with Crippen molar-refractivity contribution in [1.82, 2.24) is 15.0 Å². The van der Waals surface area contributed by atoms with Crippen LogP contribution in [0, 0.1) is 6.08 Å². The third-order valence-electron chi connectivity index (χ3n) is 0.554. The van der Waals surface area contributed by atoms with Crippen LogP contribution in [0.5, 0.6) is 0 Å². The minimum Gasteiger partial charge on any atom is -0.195 e. The topological polar surface area (TPSA) is 38.7 Å². The van der Waals surface area contributed by atoms with Gasteiger partial charge in [0.15, 0.2) is 0 Å². The normalized spacial score (nSPS) is 9.67. The molecule has 0 aliphatic rings. The van der Waals surface area contributed by atoms with Crippen LogP contribution >= 0.6 is 31.9 Å². The number of halogens is 3. The fourth-order valence-corrected chi connectivity index (χ4v) is 1.17. The zero-order valence-corrected chi connectivity index (χ0v) is 7.15. The van der Waals surface area contributed by atoms with E-state index < -0.39 is 6.08 Å². The molecule has 0 aliphatic heterocycles. The summed E-state index contributed by atoms with van der Waals surface area (Å²) in [6, 6.07) is 0. The number of rotatable bonds is 0. The minimum atomic E-state index is -0.802. The molecule has 1 aromatic heterocycles. The molecular weight excluding hydrogens is 257 g/mol. The molecule has 0 spiro atoms. The lowest BCUT2D eigenvalue weighted by atomic mass is 11.1. The fraction of sp³-hybridized carbons (Fsp3) is 0. The van der Waals surface area contributed by atoms with Gasteiger partial charge in [-0.2, -0.15) is 19.3 Å². The van der Waals surface area contributed by atoms with Crippen molar-refractivity contribution in [2.75, 3.05) is 0 Å². The third kappa shape index (κ3) is 1.94. The summed E-state index contributed by atoms with van der Waals surface area (Å²) < 4.78 is 12.5. The van der Waals surface area contributed by atoms with Crippen LogP contribution in [0.4, 0.5) is 4.39 Å². The first kappa shape index (κ1) is 7.01. The Kier molecular flexibility index (Phi) is 2.07. The summed E-state index contributed by atoms with van der Waals surface area (Å²) in [6.45, 7) is 0. The first-order chi connectivity index (χ1) is 4.18. The maximum absolute atomic E-state index is 12.1. The fourth-order valence-electron chi connectivity index (χ4n) is 0.303. The van der Waals surface area contributed by atoms with Gasteiger partial charge in [0.1, 0.15) is 0 Å².